The molecule has 1 aromatic carbocycles. The predicted octanol–water partition coefficient (Wildman–Crippen LogP) is 2.74. The fourth-order valence-corrected chi connectivity index (χ4v) is 2.08. The van der Waals surface area contributed by atoms with Crippen LogP contribution >= 0.6 is 12.2 Å². The Balaban J connectivity index is 2.19. The summed E-state index contributed by atoms with van der Waals surface area (Å²) >= 11 is 5.14. The van der Waals surface area contributed by atoms with Crippen molar-refractivity contribution in [2.75, 3.05) is 11.9 Å². The van der Waals surface area contributed by atoms with E-state index in [-0.39, 0.29) is 5.82 Å². The summed E-state index contributed by atoms with van der Waals surface area (Å²) in [5.41, 5.74) is 1.02. The van der Waals surface area contributed by atoms with Gasteiger partial charge in [0.05, 0.1) is 0 Å². The van der Waals surface area contributed by atoms with Crippen LogP contribution in [0.2, 0.25) is 0 Å². The molecular formula is C12H15FN4S. The van der Waals surface area contributed by atoms with E-state index in [9.17, 15) is 4.39 Å². The van der Waals surface area contributed by atoms with Gasteiger partial charge in [0.1, 0.15) is 5.82 Å². The summed E-state index contributed by atoms with van der Waals surface area (Å²) in [6.07, 6.45) is 0. The van der Waals surface area contributed by atoms with E-state index in [4.69, 9.17) is 12.2 Å². The Hall–Kier alpha value is -1.69. The molecule has 0 unspecified atom stereocenters. The van der Waals surface area contributed by atoms with Gasteiger partial charge < -0.3 is 4.90 Å². The lowest BCUT2D eigenvalue weighted by atomic mass is 10.2. The Kier molecular flexibility index (Phi) is 3.76. The molecule has 0 atom stereocenters. The molecule has 0 aliphatic carbocycles. The van der Waals surface area contributed by atoms with Crippen molar-refractivity contribution >= 4 is 18.2 Å². The lowest BCUT2D eigenvalue weighted by Gasteiger charge is -2.18. The van der Waals surface area contributed by atoms with E-state index in [1.165, 1.54) is 12.1 Å². The fraction of sp³-hybridized carbons (Fsp3) is 0.333. The summed E-state index contributed by atoms with van der Waals surface area (Å²) in [6.45, 7) is 3.43. The number of halogens is 1. The van der Waals surface area contributed by atoms with Crippen molar-refractivity contribution in [2.24, 2.45) is 0 Å². The molecule has 0 saturated carbocycles. The van der Waals surface area contributed by atoms with Gasteiger partial charge >= 0.3 is 0 Å². The Labute approximate surface area is 110 Å². The van der Waals surface area contributed by atoms with Gasteiger partial charge in [-0.1, -0.05) is 12.1 Å². The number of nitrogens with one attached hydrogen (secondary N) is 1. The average Bonchev–Trinajstić information content (AvgIpc) is 2.73. The predicted molar refractivity (Wildman–Crippen MR) is 71.6 cm³/mol. The van der Waals surface area contributed by atoms with Gasteiger partial charge in [-0.25, -0.2) is 9.49 Å². The van der Waals surface area contributed by atoms with E-state index in [0.29, 0.717) is 11.3 Å². The second kappa shape index (κ2) is 5.30. The Morgan fingerprint density at radius 1 is 1.39 bits per heavy atom. The van der Waals surface area contributed by atoms with Crippen LogP contribution in [0.15, 0.2) is 24.3 Å². The van der Waals surface area contributed by atoms with Gasteiger partial charge in [-0.05, 0) is 36.8 Å². The molecule has 0 aliphatic rings. The van der Waals surface area contributed by atoms with Crippen LogP contribution in [-0.4, -0.2) is 21.8 Å². The lowest BCUT2D eigenvalue weighted by Crippen LogP contribution is -2.20. The minimum atomic E-state index is -0.224. The van der Waals surface area contributed by atoms with Crippen LogP contribution < -0.4 is 4.90 Å². The van der Waals surface area contributed by atoms with E-state index < -0.39 is 0 Å². The molecule has 0 fully saturated rings. The number of hydrogen-bond donors (Lipinski definition) is 1. The van der Waals surface area contributed by atoms with E-state index >= 15 is 0 Å². The fourth-order valence-electron chi connectivity index (χ4n) is 1.82. The van der Waals surface area contributed by atoms with Crippen LogP contribution in [-0.2, 0) is 13.1 Å². The van der Waals surface area contributed by atoms with Crippen LogP contribution in [0.4, 0.5) is 10.3 Å². The SMILES string of the molecule is CCn1c(N(C)Cc2ccc(F)cc2)n[nH]c1=S. The van der Waals surface area contributed by atoms with Crippen LogP contribution in [0.5, 0.6) is 0 Å². The number of nitrogens with zero attached hydrogens (tertiary/aromatic N) is 3. The first-order valence-corrected chi connectivity index (χ1v) is 6.13. The number of aromatic amines is 1. The molecule has 1 N–H and O–H groups in total. The third kappa shape index (κ3) is 2.59. The van der Waals surface area contributed by atoms with Crippen molar-refractivity contribution in [3.63, 3.8) is 0 Å². The summed E-state index contributed by atoms with van der Waals surface area (Å²) in [4.78, 5) is 1.98. The number of aromatic nitrogens is 3. The zero-order valence-electron chi connectivity index (χ0n) is 10.4. The molecule has 6 heteroatoms. The lowest BCUT2D eigenvalue weighted by molar-refractivity contribution is 0.626. The quantitative estimate of drug-likeness (QED) is 0.865. The molecule has 0 bridgehead atoms. The molecule has 0 spiro atoms. The summed E-state index contributed by atoms with van der Waals surface area (Å²) in [6, 6.07) is 6.45. The van der Waals surface area contributed by atoms with Gasteiger partial charge in [0, 0.05) is 20.1 Å². The molecule has 0 amide bonds. The molecule has 0 saturated heterocycles. The Morgan fingerprint density at radius 2 is 2.06 bits per heavy atom. The first-order valence-electron chi connectivity index (χ1n) is 5.72. The van der Waals surface area contributed by atoms with Gasteiger partial charge in [-0.15, -0.1) is 5.10 Å². The van der Waals surface area contributed by atoms with Gasteiger partial charge in [0.2, 0.25) is 5.95 Å². The molecule has 96 valence electrons. The van der Waals surface area contributed by atoms with Gasteiger partial charge in [-0.2, -0.15) is 0 Å². The van der Waals surface area contributed by atoms with Crippen molar-refractivity contribution < 1.29 is 4.39 Å². The topological polar surface area (TPSA) is 36.9 Å². The summed E-state index contributed by atoms with van der Waals surface area (Å²) in [5, 5.41) is 6.98. The van der Waals surface area contributed by atoms with Crippen LogP contribution in [0, 0.1) is 10.6 Å². The van der Waals surface area contributed by atoms with E-state index in [1.807, 2.05) is 23.4 Å². The first kappa shape index (κ1) is 12.8. The molecule has 1 aromatic heterocycles. The maximum atomic E-state index is 12.8. The molecule has 18 heavy (non-hydrogen) atoms. The molecule has 2 rings (SSSR count). The second-order valence-corrected chi connectivity index (χ2v) is 4.44. The van der Waals surface area contributed by atoms with Gasteiger partial charge in [-0.3, -0.25) is 4.57 Å². The minimum absolute atomic E-state index is 0.224. The minimum Gasteiger partial charge on any atom is -0.340 e. The number of hydrogen-bond acceptors (Lipinski definition) is 3. The zero-order valence-corrected chi connectivity index (χ0v) is 11.2. The third-order valence-electron chi connectivity index (χ3n) is 2.73. The molecular weight excluding hydrogens is 251 g/mol. The largest absolute Gasteiger partial charge is 0.340 e. The van der Waals surface area contributed by atoms with Gasteiger partial charge in [0.25, 0.3) is 0 Å². The Bertz CT molecular complexity index is 573. The monoisotopic (exact) mass is 266 g/mol. The highest BCUT2D eigenvalue weighted by atomic mass is 32.1. The number of H-pyrrole nitrogens is 1. The standard InChI is InChI=1S/C12H15FN4S/c1-3-17-11(14-15-12(17)18)16(2)8-9-4-6-10(13)7-5-9/h4-7H,3,8H2,1-2H3,(H,15,18). The second-order valence-electron chi connectivity index (χ2n) is 4.06. The van der Waals surface area contributed by atoms with Crippen molar-refractivity contribution in [3.8, 4) is 0 Å². The highest BCUT2D eigenvalue weighted by molar-refractivity contribution is 7.71. The van der Waals surface area contributed by atoms with Crippen molar-refractivity contribution in [1.29, 1.82) is 0 Å². The molecule has 1 heterocycles. The molecule has 2 aromatic rings. The Morgan fingerprint density at radius 3 is 2.67 bits per heavy atom. The maximum Gasteiger partial charge on any atom is 0.225 e. The molecule has 4 nitrogen and oxygen atoms in total. The smallest absolute Gasteiger partial charge is 0.225 e. The number of anilines is 1. The zero-order chi connectivity index (χ0) is 13.1. The summed E-state index contributed by atoms with van der Waals surface area (Å²) < 4.78 is 15.3. The third-order valence-corrected chi connectivity index (χ3v) is 3.04. The number of benzene rings is 1. The summed E-state index contributed by atoms with van der Waals surface area (Å²) in [5.74, 6) is 0.560. The van der Waals surface area contributed by atoms with E-state index in [2.05, 4.69) is 10.2 Å². The first-order chi connectivity index (χ1) is 8.61. The van der Waals surface area contributed by atoms with Crippen LogP contribution in [0.1, 0.15) is 12.5 Å². The number of rotatable bonds is 4. The molecule has 0 radical (unpaired) electrons. The highest BCUT2D eigenvalue weighted by Gasteiger charge is 2.10. The van der Waals surface area contributed by atoms with E-state index in [1.54, 1.807) is 12.1 Å². The van der Waals surface area contributed by atoms with E-state index in [0.717, 1.165) is 18.1 Å². The van der Waals surface area contributed by atoms with Crippen LogP contribution in [0.3, 0.4) is 0 Å². The molecule has 0 aliphatic heterocycles. The normalized spacial score (nSPS) is 10.6. The van der Waals surface area contributed by atoms with Crippen molar-refractivity contribution in [3.05, 3.63) is 40.4 Å². The average molecular weight is 266 g/mol. The van der Waals surface area contributed by atoms with Crippen LogP contribution in [0.25, 0.3) is 0 Å². The van der Waals surface area contributed by atoms with Crippen molar-refractivity contribution in [1.82, 2.24) is 14.8 Å². The van der Waals surface area contributed by atoms with Crippen molar-refractivity contribution in [2.45, 2.75) is 20.0 Å². The highest BCUT2D eigenvalue weighted by Crippen LogP contribution is 2.13. The van der Waals surface area contributed by atoms with Gasteiger partial charge in [0.15, 0.2) is 4.77 Å². The maximum absolute atomic E-state index is 12.8. The summed E-state index contributed by atoms with van der Waals surface area (Å²) in [7, 11) is 1.93.